The van der Waals surface area contributed by atoms with Gasteiger partial charge in [0.15, 0.2) is 0 Å². The van der Waals surface area contributed by atoms with Crippen molar-refractivity contribution in [2.45, 2.75) is 216 Å². The van der Waals surface area contributed by atoms with E-state index in [1.54, 1.807) is 0 Å². The van der Waals surface area contributed by atoms with E-state index >= 15 is 0 Å². The first-order valence-electron chi connectivity index (χ1n) is 18.7. The maximum Gasteiger partial charge on any atom is 0.334 e. The Hall–Kier alpha value is -1.03. The highest BCUT2D eigenvalue weighted by atomic mass is 16.6. The minimum absolute atomic E-state index is 0.0121. The number of hydrogen-bond acceptors (Lipinski definition) is 8. The summed E-state index contributed by atoms with van der Waals surface area (Å²) in [5, 5.41) is 41.8. The fourth-order valence-electron chi connectivity index (χ4n) is 7.29. The lowest BCUT2D eigenvalue weighted by atomic mass is 9.98. The van der Waals surface area contributed by atoms with Crippen LogP contribution in [0.15, 0.2) is 11.6 Å². The predicted molar refractivity (Wildman–Crippen MR) is 177 cm³/mol. The summed E-state index contributed by atoms with van der Waals surface area (Å²) in [4.78, 5) is 11.6. The lowest BCUT2D eigenvalue weighted by Gasteiger charge is -2.24. The van der Waals surface area contributed by atoms with Crippen LogP contribution < -0.4 is 0 Å². The third-order valence-electron chi connectivity index (χ3n) is 10.2. The molecule has 0 aromatic carbocycles. The van der Waals surface area contributed by atoms with Gasteiger partial charge in [-0.3, -0.25) is 0 Å². The second-order valence-electron chi connectivity index (χ2n) is 14.2. The van der Waals surface area contributed by atoms with Crippen LogP contribution in [0.1, 0.15) is 162 Å². The highest BCUT2D eigenvalue weighted by molar-refractivity contribution is 5.90. The van der Waals surface area contributed by atoms with Crippen LogP contribution in [0.5, 0.6) is 0 Å². The van der Waals surface area contributed by atoms with Crippen molar-refractivity contribution in [2.24, 2.45) is 0 Å². The molecule has 0 spiro atoms. The molecule has 0 unspecified atom stereocenters. The Morgan fingerprint density at radius 1 is 0.644 bits per heavy atom. The summed E-state index contributed by atoms with van der Waals surface area (Å²) in [5.41, 5.74) is 0.857. The van der Waals surface area contributed by atoms with Crippen LogP contribution in [0.4, 0.5) is 0 Å². The molecule has 9 atom stereocenters. The zero-order chi connectivity index (χ0) is 32.4. The fourth-order valence-corrected chi connectivity index (χ4v) is 7.29. The molecule has 8 heteroatoms. The first-order chi connectivity index (χ1) is 21.8. The van der Waals surface area contributed by atoms with E-state index < -0.39 is 24.4 Å². The fraction of sp³-hybridized carbons (Fsp3) is 0.919. The Bertz CT molecular complexity index is 833. The first kappa shape index (κ1) is 38.4. The summed E-state index contributed by atoms with van der Waals surface area (Å²) in [6.07, 6.45) is 21.5. The predicted octanol–water partition coefficient (Wildman–Crippen LogP) is 6.83. The summed E-state index contributed by atoms with van der Waals surface area (Å²) < 4.78 is 17.6. The van der Waals surface area contributed by atoms with E-state index in [1.165, 1.54) is 44.9 Å². The highest BCUT2D eigenvalue weighted by Gasteiger charge is 2.40. The van der Waals surface area contributed by atoms with Crippen LogP contribution in [0.3, 0.4) is 0 Å². The van der Waals surface area contributed by atoms with Crippen molar-refractivity contribution < 1.29 is 39.4 Å². The molecule has 2 saturated heterocycles. The number of hydrogen-bond donors (Lipinski definition) is 4. The Kier molecular flexibility index (Phi) is 18.6. The molecule has 0 radical (unpaired) electrons. The molecule has 0 aromatic heterocycles. The number of carbonyl (C=O) groups excluding carboxylic acids is 1. The molecule has 0 aliphatic carbocycles. The second-order valence-corrected chi connectivity index (χ2v) is 14.2. The maximum atomic E-state index is 11.6. The zero-order valence-electron chi connectivity index (χ0n) is 28.5. The van der Waals surface area contributed by atoms with E-state index in [0.717, 1.165) is 82.6 Å². The molecule has 0 amide bonds. The molecular weight excluding hydrogens is 572 g/mol. The standard InChI is InChI=1S/C37H66O8/c1-3-4-13-18-29(38)30(39)20-16-21-32(41)34-23-25-36(45-34)35-24-22-33(44-35)31(40)19-15-12-10-8-6-5-7-9-11-14-17-28-26-27(2)43-37(28)42/h26-27,29-36,38-41H,3-25H2,1-2H3/t27-,29+,30+,31+,32+,33+,34-,35+,36+/m1/s1. The van der Waals surface area contributed by atoms with Crippen LogP contribution in [0.2, 0.25) is 0 Å². The van der Waals surface area contributed by atoms with Crippen molar-refractivity contribution in [2.75, 3.05) is 0 Å². The van der Waals surface area contributed by atoms with Crippen LogP contribution >= 0.6 is 0 Å². The van der Waals surface area contributed by atoms with Gasteiger partial charge in [0.05, 0.1) is 48.8 Å². The van der Waals surface area contributed by atoms with Gasteiger partial charge in [0.1, 0.15) is 6.10 Å². The minimum atomic E-state index is -0.729. The Balaban J connectivity index is 1.14. The number of cyclic esters (lactones) is 1. The van der Waals surface area contributed by atoms with Gasteiger partial charge in [0.2, 0.25) is 0 Å². The SMILES string of the molecule is CCCCC[C@H](O)[C@@H](O)CCC[C@H](O)[C@H]1CC[C@@H]([C@@H]2CC[C@@H]([C@@H](O)CCCCCCCCCCCCC3=C[C@@H](C)OC3=O)O2)O1. The summed E-state index contributed by atoms with van der Waals surface area (Å²) in [6.45, 7) is 4.03. The van der Waals surface area contributed by atoms with Gasteiger partial charge in [-0.15, -0.1) is 0 Å². The van der Waals surface area contributed by atoms with Crippen molar-refractivity contribution in [3.05, 3.63) is 11.6 Å². The van der Waals surface area contributed by atoms with Gasteiger partial charge in [-0.1, -0.05) is 84.0 Å². The van der Waals surface area contributed by atoms with Crippen LogP contribution in [0, 0.1) is 0 Å². The summed E-state index contributed by atoms with van der Waals surface area (Å²) in [6, 6.07) is 0. The van der Waals surface area contributed by atoms with E-state index in [9.17, 15) is 25.2 Å². The molecule has 262 valence electrons. The molecule has 45 heavy (non-hydrogen) atoms. The van der Waals surface area contributed by atoms with Gasteiger partial charge in [-0.2, -0.15) is 0 Å². The van der Waals surface area contributed by atoms with Gasteiger partial charge in [0, 0.05) is 5.57 Å². The highest BCUT2D eigenvalue weighted by Crippen LogP contribution is 2.34. The third kappa shape index (κ3) is 14.3. The third-order valence-corrected chi connectivity index (χ3v) is 10.2. The number of carbonyl (C=O) groups is 1. The molecule has 2 fully saturated rings. The van der Waals surface area contributed by atoms with E-state index in [0.29, 0.717) is 25.7 Å². The Labute approximate surface area is 273 Å². The number of aliphatic hydroxyl groups is 4. The monoisotopic (exact) mass is 638 g/mol. The summed E-state index contributed by atoms with van der Waals surface area (Å²) in [7, 11) is 0. The van der Waals surface area contributed by atoms with Crippen molar-refractivity contribution in [3.8, 4) is 0 Å². The largest absolute Gasteiger partial charge is 0.455 e. The molecular formula is C37H66O8. The van der Waals surface area contributed by atoms with E-state index in [4.69, 9.17) is 14.2 Å². The number of unbranched alkanes of at least 4 members (excludes halogenated alkanes) is 11. The minimum Gasteiger partial charge on any atom is -0.455 e. The van der Waals surface area contributed by atoms with Crippen molar-refractivity contribution in [1.29, 1.82) is 0 Å². The molecule has 4 N–H and O–H groups in total. The van der Waals surface area contributed by atoms with Gasteiger partial charge >= 0.3 is 5.97 Å². The summed E-state index contributed by atoms with van der Waals surface area (Å²) >= 11 is 0. The normalized spacial score (nSPS) is 27.8. The van der Waals surface area contributed by atoms with E-state index in [1.807, 2.05) is 13.0 Å². The van der Waals surface area contributed by atoms with Gasteiger partial charge in [-0.25, -0.2) is 4.79 Å². The topological polar surface area (TPSA) is 126 Å². The molecule has 3 aliphatic rings. The van der Waals surface area contributed by atoms with Gasteiger partial charge in [0.25, 0.3) is 0 Å². The molecule has 3 aliphatic heterocycles. The average molecular weight is 639 g/mol. The lowest BCUT2D eigenvalue weighted by Crippen LogP contribution is -2.33. The van der Waals surface area contributed by atoms with Crippen molar-refractivity contribution in [3.63, 3.8) is 0 Å². The molecule has 0 aromatic rings. The number of rotatable bonds is 25. The maximum absolute atomic E-state index is 11.6. The van der Waals surface area contributed by atoms with E-state index in [2.05, 4.69) is 6.92 Å². The van der Waals surface area contributed by atoms with Crippen LogP contribution in [-0.4, -0.2) is 81.3 Å². The van der Waals surface area contributed by atoms with Crippen molar-refractivity contribution in [1.82, 2.24) is 0 Å². The summed E-state index contributed by atoms with van der Waals surface area (Å²) in [5.74, 6) is -0.129. The van der Waals surface area contributed by atoms with Crippen LogP contribution in [0.25, 0.3) is 0 Å². The molecule has 8 nitrogen and oxygen atoms in total. The van der Waals surface area contributed by atoms with Gasteiger partial charge < -0.3 is 34.6 Å². The quantitative estimate of drug-likeness (QED) is 0.0634. The number of esters is 1. The average Bonchev–Trinajstić information content (AvgIpc) is 3.77. The van der Waals surface area contributed by atoms with E-state index in [-0.39, 0.29) is 36.5 Å². The molecule has 3 heterocycles. The molecule has 3 rings (SSSR count). The van der Waals surface area contributed by atoms with Crippen LogP contribution in [-0.2, 0) is 19.0 Å². The second kappa shape index (κ2) is 21.8. The zero-order valence-corrected chi connectivity index (χ0v) is 28.5. The molecule has 0 bridgehead atoms. The number of ether oxygens (including phenoxy) is 3. The van der Waals surface area contributed by atoms with Crippen molar-refractivity contribution >= 4 is 5.97 Å². The first-order valence-corrected chi connectivity index (χ1v) is 18.7. The Morgan fingerprint density at radius 3 is 1.62 bits per heavy atom. The molecule has 0 saturated carbocycles. The smallest absolute Gasteiger partial charge is 0.334 e. The van der Waals surface area contributed by atoms with Gasteiger partial charge in [-0.05, 0) is 83.6 Å². The lowest BCUT2D eigenvalue weighted by molar-refractivity contribution is -0.139. The Morgan fingerprint density at radius 2 is 1.11 bits per heavy atom. The number of aliphatic hydroxyl groups excluding tert-OH is 4.